The molecule has 0 aromatic carbocycles. The molecule has 1 fully saturated rings. The first-order valence-corrected chi connectivity index (χ1v) is 8.95. The van der Waals surface area contributed by atoms with Crippen molar-refractivity contribution in [2.45, 2.75) is 46.3 Å². The van der Waals surface area contributed by atoms with Crippen LogP contribution in [-0.2, 0) is 9.57 Å². The van der Waals surface area contributed by atoms with Crippen LogP contribution in [0.2, 0.25) is 0 Å². The predicted molar refractivity (Wildman–Crippen MR) is 95.9 cm³/mol. The first-order valence-electron chi connectivity index (χ1n) is 8.95. The summed E-state index contributed by atoms with van der Waals surface area (Å²) in [5.41, 5.74) is 5.13. The maximum atomic E-state index is 12.8. The van der Waals surface area contributed by atoms with Crippen molar-refractivity contribution in [3.63, 3.8) is 0 Å². The smallest absolute Gasteiger partial charge is 0.275 e. The topological polar surface area (TPSA) is 99.6 Å². The van der Waals surface area contributed by atoms with Crippen LogP contribution in [0.15, 0.2) is 21.1 Å². The molecule has 3 aromatic rings. The van der Waals surface area contributed by atoms with Crippen LogP contribution in [0.3, 0.4) is 0 Å². The molecule has 1 amide bonds. The highest BCUT2D eigenvalue weighted by molar-refractivity contribution is 6.06. The Balaban J connectivity index is 1.68. The van der Waals surface area contributed by atoms with E-state index in [0.717, 1.165) is 30.6 Å². The number of hydroxylamine groups is 1. The molecule has 8 heteroatoms. The average molecular weight is 371 g/mol. The molecule has 1 aliphatic rings. The lowest BCUT2D eigenvalue weighted by molar-refractivity contribution is -0.186. The highest BCUT2D eigenvalue weighted by Gasteiger charge is 2.22. The molecular weight excluding hydrogens is 350 g/mol. The molecule has 1 saturated heterocycles. The molecular formula is C19H21N3O5. The highest BCUT2D eigenvalue weighted by Crippen LogP contribution is 2.30. The number of amides is 1. The summed E-state index contributed by atoms with van der Waals surface area (Å²) in [4.78, 5) is 22.7. The Labute approximate surface area is 155 Å². The van der Waals surface area contributed by atoms with Gasteiger partial charge in [0, 0.05) is 18.6 Å². The second-order valence-electron chi connectivity index (χ2n) is 6.68. The van der Waals surface area contributed by atoms with E-state index < -0.39 is 12.2 Å². The molecule has 8 nitrogen and oxygen atoms in total. The van der Waals surface area contributed by atoms with Gasteiger partial charge in [-0.1, -0.05) is 5.16 Å². The molecule has 3 aromatic heterocycles. The molecule has 0 spiro atoms. The predicted octanol–water partition coefficient (Wildman–Crippen LogP) is 3.60. The lowest BCUT2D eigenvalue weighted by atomic mass is 10.1. The Morgan fingerprint density at radius 3 is 2.81 bits per heavy atom. The fourth-order valence-corrected chi connectivity index (χ4v) is 3.28. The Kier molecular flexibility index (Phi) is 4.67. The number of carbonyl (C=O) groups excluding carboxylic acids is 1. The monoisotopic (exact) mass is 371 g/mol. The van der Waals surface area contributed by atoms with Gasteiger partial charge in [-0.25, -0.2) is 15.3 Å². The Bertz CT molecular complexity index is 985. The number of fused-ring (bicyclic) bond motifs is 1. The molecule has 27 heavy (non-hydrogen) atoms. The number of furan rings is 1. The van der Waals surface area contributed by atoms with Crippen LogP contribution in [0.4, 0.5) is 0 Å². The van der Waals surface area contributed by atoms with Gasteiger partial charge in [-0.15, -0.1) is 0 Å². The van der Waals surface area contributed by atoms with Crippen molar-refractivity contribution in [1.82, 2.24) is 15.6 Å². The van der Waals surface area contributed by atoms with Crippen molar-refractivity contribution in [2.24, 2.45) is 0 Å². The summed E-state index contributed by atoms with van der Waals surface area (Å²) >= 11 is 0. The minimum atomic E-state index is -0.429. The summed E-state index contributed by atoms with van der Waals surface area (Å²) in [7, 11) is 0. The molecule has 142 valence electrons. The van der Waals surface area contributed by atoms with Gasteiger partial charge < -0.3 is 13.7 Å². The molecule has 1 aliphatic heterocycles. The van der Waals surface area contributed by atoms with Gasteiger partial charge in [-0.2, -0.15) is 0 Å². The van der Waals surface area contributed by atoms with E-state index in [1.165, 1.54) is 0 Å². The molecule has 0 aliphatic carbocycles. The molecule has 0 bridgehead atoms. The fraction of sp³-hybridized carbons (Fsp3) is 0.421. The maximum absolute atomic E-state index is 12.8. The summed E-state index contributed by atoms with van der Waals surface area (Å²) in [6, 6.07) is 3.57. The zero-order valence-corrected chi connectivity index (χ0v) is 15.5. The number of hydrogen-bond donors (Lipinski definition) is 1. The van der Waals surface area contributed by atoms with Crippen LogP contribution in [-0.4, -0.2) is 28.9 Å². The molecule has 0 radical (unpaired) electrons. The summed E-state index contributed by atoms with van der Waals surface area (Å²) in [5.74, 6) is 1.08. The normalized spacial score (nSPS) is 17.4. The largest absolute Gasteiger partial charge is 0.466 e. The molecule has 0 unspecified atom stereocenters. The van der Waals surface area contributed by atoms with Crippen LogP contribution in [0.25, 0.3) is 22.4 Å². The summed E-state index contributed by atoms with van der Waals surface area (Å²) in [6.07, 6.45) is 2.33. The van der Waals surface area contributed by atoms with Crippen molar-refractivity contribution in [2.75, 3.05) is 6.61 Å². The van der Waals surface area contributed by atoms with Crippen molar-refractivity contribution in [3.05, 3.63) is 34.9 Å². The molecule has 1 N–H and O–H groups in total. The number of hydrogen-bond acceptors (Lipinski definition) is 7. The van der Waals surface area contributed by atoms with Gasteiger partial charge in [0.1, 0.15) is 11.5 Å². The Morgan fingerprint density at radius 2 is 2.11 bits per heavy atom. The molecule has 0 saturated carbocycles. The van der Waals surface area contributed by atoms with Crippen LogP contribution < -0.4 is 5.48 Å². The summed E-state index contributed by atoms with van der Waals surface area (Å²) in [6.45, 7) is 6.11. The molecule has 1 atom stereocenters. The number of aromatic nitrogens is 2. The van der Waals surface area contributed by atoms with Crippen LogP contribution in [0, 0.1) is 20.8 Å². The zero-order chi connectivity index (χ0) is 19.0. The third-order valence-corrected chi connectivity index (χ3v) is 4.60. The molecule has 4 heterocycles. The Morgan fingerprint density at radius 1 is 1.26 bits per heavy atom. The lowest BCUT2D eigenvalue weighted by Crippen LogP contribution is -2.33. The number of nitrogens with one attached hydrogen (secondary N) is 1. The number of ether oxygens (including phenoxy) is 1. The summed E-state index contributed by atoms with van der Waals surface area (Å²) in [5, 5.41) is 4.50. The summed E-state index contributed by atoms with van der Waals surface area (Å²) < 4.78 is 16.4. The third kappa shape index (κ3) is 3.45. The SMILES string of the molecule is Cc1cc(-c2cc(C(=O)NO[C@H]3CCCCO3)c3c(C)noc3n2)c(C)o1. The van der Waals surface area contributed by atoms with Gasteiger partial charge >= 0.3 is 0 Å². The Hall–Kier alpha value is -2.71. The minimum Gasteiger partial charge on any atom is -0.466 e. The number of rotatable bonds is 4. The van der Waals surface area contributed by atoms with Gasteiger partial charge in [0.15, 0.2) is 6.29 Å². The van der Waals surface area contributed by atoms with E-state index in [2.05, 4.69) is 15.6 Å². The van der Waals surface area contributed by atoms with E-state index in [9.17, 15) is 4.79 Å². The second-order valence-corrected chi connectivity index (χ2v) is 6.68. The van der Waals surface area contributed by atoms with E-state index in [1.807, 2.05) is 19.9 Å². The number of carbonyl (C=O) groups is 1. The van der Waals surface area contributed by atoms with Crippen molar-refractivity contribution in [3.8, 4) is 11.3 Å². The van der Waals surface area contributed by atoms with Crippen LogP contribution >= 0.6 is 0 Å². The van der Waals surface area contributed by atoms with Crippen LogP contribution in [0.5, 0.6) is 0 Å². The van der Waals surface area contributed by atoms with E-state index in [0.29, 0.717) is 40.4 Å². The minimum absolute atomic E-state index is 0.294. The number of aryl methyl sites for hydroxylation is 3. The van der Waals surface area contributed by atoms with E-state index >= 15 is 0 Å². The third-order valence-electron chi connectivity index (χ3n) is 4.60. The van der Waals surface area contributed by atoms with Gasteiger partial charge in [-0.3, -0.25) is 4.79 Å². The fourth-order valence-electron chi connectivity index (χ4n) is 3.28. The highest BCUT2D eigenvalue weighted by atomic mass is 16.8. The quantitative estimate of drug-likeness (QED) is 0.700. The van der Waals surface area contributed by atoms with Gasteiger partial charge in [-0.05, 0) is 45.7 Å². The maximum Gasteiger partial charge on any atom is 0.275 e. The van der Waals surface area contributed by atoms with Gasteiger partial charge in [0.25, 0.3) is 11.6 Å². The van der Waals surface area contributed by atoms with Gasteiger partial charge in [0.05, 0.1) is 22.3 Å². The lowest BCUT2D eigenvalue weighted by Gasteiger charge is -2.22. The van der Waals surface area contributed by atoms with Crippen molar-refractivity contribution < 1.29 is 23.3 Å². The van der Waals surface area contributed by atoms with Gasteiger partial charge in [0.2, 0.25) is 0 Å². The number of nitrogens with zero attached hydrogens (tertiary/aromatic N) is 2. The standard InChI is InChI=1S/C19H21N3O5/c1-10-8-13(12(3)25-10)15-9-14(17-11(2)21-27-19(17)20-15)18(23)22-26-16-6-4-5-7-24-16/h8-9,16H,4-7H2,1-3H3,(H,22,23)/t16-/m0/s1. The second kappa shape index (κ2) is 7.13. The van der Waals surface area contributed by atoms with Crippen molar-refractivity contribution in [1.29, 1.82) is 0 Å². The average Bonchev–Trinajstić information content (AvgIpc) is 3.21. The first-order chi connectivity index (χ1) is 13.0. The first kappa shape index (κ1) is 17.7. The van der Waals surface area contributed by atoms with Crippen LogP contribution in [0.1, 0.15) is 46.8 Å². The van der Waals surface area contributed by atoms with E-state index in [-0.39, 0.29) is 0 Å². The number of pyridine rings is 1. The van der Waals surface area contributed by atoms with E-state index in [4.69, 9.17) is 18.5 Å². The van der Waals surface area contributed by atoms with Crippen molar-refractivity contribution >= 4 is 17.0 Å². The molecule has 4 rings (SSSR count). The zero-order valence-electron chi connectivity index (χ0n) is 15.5. The van der Waals surface area contributed by atoms with E-state index in [1.54, 1.807) is 13.0 Å².